The van der Waals surface area contributed by atoms with E-state index in [0.717, 1.165) is 217 Å². The SMILES string of the molecule is Cc1cc(CN2CCN(Cc3cc(C)cc(CC(C)(C)C)c3[O-])CCN(Cc3cc(C)cc(CC(C)(C)C)c3[O-])CC2)c([O-])c(CC(C)(C)C)c1.Cc1cc(CN2CCN(Cc3cc(C)cc(CC(C)(C)C)c3[O-])CCN(Cc3cc(C)cc(CC(C)(C)C)c3[O-])CC2)c([O-])c(CC(C)(C)C)c1.O=S(=O)([O-])C(F)(F)F.O=S(=O)([O-])C(F)(F)F.[O-2].[O-2].[U].[U].c1ccccc1.c1ccccc1.c1ccccc1.c1ccccc1. The van der Waals surface area contributed by atoms with Crippen molar-refractivity contribution in [2.75, 3.05) is 78.5 Å². The second kappa shape index (κ2) is 62.2. The molecule has 20 nitrogen and oxygen atoms in total. The van der Waals surface area contributed by atoms with Crippen molar-refractivity contribution in [3.63, 3.8) is 0 Å². The number of aryl methyl sites for hydroxylation is 6. The zero-order chi connectivity index (χ0) is 107. The Bertz CT molecular complexity index is 4790. The summed E-state index contributed by atoms with van der Waals surface area (Å²) < 4.78 is 118. The molecule has 2 heterocycles. The van der Waals surface area contributed by atoms with Crippen LogP contribution < -0.4 is 30.6 Å². The molecule has 0 spiro atoms. The third-order valence-electron chi connectivity index (χ3n) is 22.6. The summed E-state index contributed by atoms with van der Waals surface area (Å²) in [7, 11) is -12.2. The van der Waals surface area contributed by atoms with E-state index >= 15 is 0 Å². The Labute approximate surface area is 917 Å². The largest absolute Gasteiger partial charge is 2.00 e. The van der Waals surface area contributed by atoms with Gasteiger partial charge in [-0.1, -0.05) is 410 Å². The molecule has 808 valence electrons. The van der Waals surface area contributed by atoms with Gasteiger partial charge in [-0.2, -0.15) is 26.3 Å². The van der Waals surface area contributed by atoms with Crippen molar-refractivity contribution in [2.24, 2.45) is 32.5 Å². The zero-order valence-corrected chi connectivity index (χ0v) is 100. The first-order valence-corrected chi connectivity index (χ1v) is 51.6. The summed E-state index contributed by atoms with van der Waals surface area (Å²) >= 11 is 0. The monoisotopic (exact) mass is 2510 g/mol. The fraction of sp³-hybridized carbons (Fsp3) is 0.483. The normalized spacial score (nSPS) is 14.2. The van der Waals surface area contributed by atoms with Gasteiger partial charge in [0.25, 0.3) is 0 Å². The molecule has 0 saturated carbocycles. The van der Waals surface area contributed by atoms with Gasteiger partial charge in [-0.25, -0.2) is 16.8 Å². The molecule has 146 heavy (non-hydrogen) atoms. The first-order valence-electron chi connectivity index (χ1n) is 48.8. The molecule has 0 N–H and O–H groups in total. The molecule has 30 heteroatoms. The minimum Gasteiger partial charge on any atom is -2.00 e. The number of benzene rings is 10. The van der Waals surface area contributed by atoms with Gasteiger partial charge in [-0.05, 0) is 146 Å². The molecule has 0 aromatic heterocycles. The van der Waals surface area contributed by atoms with Gasteiger partial charge < -0.3 is 50.7 Å². The Morgan fingerprint density at radius 3 is 0.370 bits per heavy atom. The Morgan fingerprint density at radius 2 is 0.295 bits per heavy atom. The van der Waals surface area contributed by atoms with E-state index in [1.807, 2.05) is 146 Å². The van der Waals surface area contributed by atoms with E-state index in [9.17, 15) is 57.0 Å². The zero-order valence-electron chi connectivity index (χ0n) is 90.2. The Hall–Kier alpha value is -7.82. The first-order chi connectivity index (χ1) is 65.6. The van der Waals surface area contributed by atoms with Crippen LogP contribution in [0, 0.1) is 136 Å². The predicted octanol–water partition coefficient (Wildman–Crippen LogP) is 21.4. The third-order valence-corrected chi connectivity index (χ3v) is 23.8. The van der Waals surface area contributed by atoms with E-state index in [1.165, 1.54) is 0 Å². The Morgan fingerprint density at radius 1 is 0.212 bits per heavy atom. The molecule has 10 aromatic carbocycles. The predicted molar refractivity (Wildman–Crippen MR) is 553 cm³/mol. The summed E-state index contributed by atoms with van der Waals surface area (Å²) in [5.74, 6) is 0.963. The molecule has 2 aliphatic rings. The van der Waals surface area contributed by atoms with Gasteiger partial charge in [0.15, 0.2) is 20.2 Å². The molecular formula is C116H156F6N6O14S2U2-12. The summed E-state index contributed by atoms with van der Waals surface area (Å²) in [4.78, 5) is 14.4. The van der Waals surface area contributed by atoms with Gasteiger partial charge in [0.1, 0.15) is 0 Å². The molecule has 2 saturated heterocycles. The molecular weight excluding hydrogens is 2360 g/mol. The van der Waals surface area contributed by atoms with Crippen LogP contribution in [0.1, 0.15) is 225 Å². The van der Waals surface area contributed by atoms with Crippen molar-refractivity contribution in [1.82, 2.24) is 29.4 Å². The van der Waals surface area contributed by atoms with Crippen molar-refractivity contribution in [1.29, 1.82) is 0 Å². The van der Waals surface area contributed by atoms with Crippen molar-refractivity contribution in [3.05, 3.63) is 319 Å². The quantitative estimate of drug-likeness (QED) is 0.0437. The van der Waals surface area contributed by atoms with Gasteiger partial charge in [0.2, 0.25) is 0 Å². The van der Waals surface area contributed by atoms with E-state index in [-0.39, 0.29) is 140 Å². The average molecular weight is 2510 g/mol. The molecule has 0 aliphatic carbocycles. The average Bonchev–Trinajstić information content (AvgIpc) is 1.33. The topological polar surface area (TPSA) is 329 Å². The second-order valence-electron chi connectivity index (χ2n) is 45.0. The molecule has 0 unspecified atom stereocenters. The van der Waals surface area contributed by atoms with Crippen LogP contribution in [0.5, 0.6) is 34.5 Å². The van der Waals surface area contributed by atoms with Crippen LogP contribution >= 0.6 is 0 Å². The van der Waals surface area contributed by atoms with Crippen molar-refractivity contribution in [2.45, 2.75) is 255 Å². The van der Waals surface area contributed by atoms with Crippen LogP contribution in [0.15, 0.2) is 218 Å². The Kier molecular flexibility index (Phi) is 58.1. The fourth-order valence-corrected chi connectivity index (χ4v) is 16.8. The second-order valence-corrected chi connectivity index (χ2v) is 47.7. The Balaban J connectivity index is 0.00000103. The minimum atomic E-state index is -6.09. The standard InChI is InChI=1S/2C45H69N3O3.4C6H6.2CHF3O3S.2O.2U/c2*1-31-19-34(25-43(4,5)6)40(49)37(22-31)28-46-13-15-47(29-38-23-32(2)20-35(41(38)50)26-44(7,8)9)17-18-48(16-14-46)30-39-24-33(3)21-36(42(39)51)27-45(10,11)12;4*1-2-4-6-5-3-1;2*2-1(3,4)8(5,6)7;;;;/h2*19-24,49-51H,13-18,25-30H2,1-12H3;4*1-6H;2*(H,5,6,7);;;;/q;;;;;;;;2*-2;;/p-8. The van der Waals surface area contributed by atoms with Crippen LogP contribution in [-0.2, 0) is 109 Å². The summed E-state index contributed by atoms with van der Waals surface area (Å²) in [5.41, 5.74) is 6.08. The smallest absolute Gasteiger partial charge is 0.485 e. The number of nitrogens with zero attached hydrogens (tertiary/aromatic N) is 6. The first kappa shape index (κ1) is 136. The number of hydrogen-bond acceptors (Lipinski definition) is 18. The van der Waals surface area contributed by atoms with Gasteiger partial charge in [-0.15, -0.1) is 34.5 Å². The molecule has 12 rings (SSSR count). The van der Waals surface area contributed by atoms with Crippen molar-refractivity contribution < 1.29 is 156 Å². The molecule has 0 radical (unpaired) electrons. The number of halogens is 6. The van der Waals surface area contributed by atoms with E-state index < -0.39 is 31.3 Å². The molecule has 2 aliphatic heterocycles. The maximum absolute atomic E-state index is 13.8. The van der Waals surface area contributed by atoms with Crippen LogP contribution in [0.2, 0.25) is 0 Å². The summed E-state index contributed by atoms with van der Waals surface area (Å²) in [6, 6.07) is 72.8. The van der Waals surface area contributed by atoms with Crippen LogP contribution in [0.4, 0.5) is 26.3 Å². The number of hydrogen-bond donors (Lipinski definition) is 0. The van der Waals surface area contributed by atoms with Gasteiger partial charge in [0, 0.05) is 180 Å². The number of rotatable bonds is 18. The molecule has 0 bridgehead atoms. The molecule has 2 fully saturated rings. The van der Waals surface area contributed by atoms with Gasteiger partial charge in [0.05, 0.1) is 0 Å². The molecule has 10 aromatic rings. The van der Waals surface area contributed by atoms with Crippen molar-refractivity contribution in [3.8, 4) is 34.5 Å². The van der Waals surface area contributed by atoms with E-state index in [4.69, 9.17) is 25.9 Å². The maximum Gasteiger partial charge on any atom is 0.485 e. The van der Waals surface area contributed by atoms with E-state index in [2.05, 4.69) is 268 Å². The van der Waals surface area contributed by atoms with Crippen LogP contribution in [0.25, 0.3) is 0 Å². The summed E-state index contributed by atoms with van der Waals surface area (Å²) in [6.07, 6.45) is 4.49. The molecule has 0 atom stereocenters. The van der Waals surface area contributed by atoms with E-state index in [0.29, 0.717) is 39.3 Å². The third kappa shape index (κ3) is 54.3. The van der Waals surface area contributed by atoms with Crippen molar-refractivity contribution >= 4 is 20.2 Å². The summed E-state index contributed by atoms with van der Waals surface area (Å²) in [5, 5.41) is 82.7. The van der Waals surface area contributed by atoms with Gasteiger partial charge >= 0.3 is 11.0 Å². The fourth-order valence-electron chi connectivity index (χ4n) is 16.8. The maximum atomic E-state index is 13.8. The minimum absolute atomic E-state index is 0. The van der Waals surface area contributed by atoms with Gasteiger partial charge in [-0.3, -0.25) is 29.4 Å². The van der Waals surface area contributed by atoms with Crippen LogP contribution in [-0.4, -0.2) is 145 Å². The summed E-state index contributed by atoms with van der Waals surface area (Å²) in [6.45, 7) is 64.8. The van der Waals surface area contributed by atoms with Crippen LogP contribution in [0.3, 0.4) is 0 Å². The van der Waals surface area contributed by atoms with E-state index in [1.54, 1.807) is 0 Å². The number of alkyl halides is 6. The molecule has 0 amide bonds.